The van der Waals surface area contributed by atoms with Gasteiger partial charge in [0, 0.05) is 0 Å². The Kier molecular flexibility index (Phi) is 1.88. The van der Waals surface area contributed by atoms with Gasteiger partial charge >= 0.3 is 0 Å². The van der Waals surface area contributed by atoms with Crippen molar-refractivity contribution in [2.45, 2.75) is 13.3 Å². The molecule has 0 amide bonds. The highest BCUT2D eigenvalue weighted by Crippen LogP contribution is 2.02. The molecule has 0 nitrogen and oxygen atoms in total. The largest absolute Gasteiger partial charge is 0.0591 e. The highest BCUT2D eigenvalue weighted by Gasteiger charge is 1.85. The summed E-state index contributed by atoms with van der Waals surface area (Å²) >= 11 is 0. The summed E-state index contributed by atoms with van der Waals surface area (Å²) in [5, 5.41) is 0. The van der Waals surface area contributed by atoms with Crippen LogP contribution in [-0.2, 0) is 6.42 Å². The number of aryl methyl sites for hydroxylation is 1. The van der Waals surface area contributed by atoms with E-state index in [1.54, 1.807) is 0 Å². The van der Waals surface area contributed by atoms with Gasteiger partial charge < -0.3 is 0 Å². The van der Waals surface area contributed by atoms with E-state index in [9.17, 15) is 0 Å². The Morgan fingerprint density at radius 2 is 1.78 bits per heavy atom. The first-order valence-electron chi connectivity index (χ1n) is 3.08. The lowest BCUT2D eigenvalue weighted by Crippen LogP contribution is -1.78. The van der Waals surface area contributed by atoms with Gasteiger partial charge in [0.1, 0.15) is 0 Å². The van der Waals surface area contributed by atoms with Gasteiger partial charge in [0.15, 0.2) is 0 Å². The van der Waals surface area contributed by atoms with Gasteiger partial charge in [-0.3, -0.25) is 0 Å². The number of hydrogen-bond donors (Lipinski definition) is 0. The number of benzene rings is 1. The zero-order chi connectivity index (χ0) is 6.69. The molecule has 0 atom stereocenters. The summed E-state index contributed by atoms with van der Waals surface area (Å²) in [6, 6.07) is 8.25. The molecule has 1 aromatic carbocycles. The summed E-state index contributed by atoms with van der Waals surface area (Å²) in [6.45, 7) is 7.47. The quantitative estimate of drug-likeness (QED) is 0.530. The predicted octanol–water partition coefficient (Wildman–Crippen LogP) is 2.25. The Balaban J connectivity index is 2.88. The Hall–Kier alpha value is -0.780. The standard InChI is InChI=1S/C9H10/c1-3-9-6-4-8(2)5-7-9/h1,4-7H,3H2,2H3. The van der Waals surface area contributed by atoms with E-state index in [0.29, 0.717) is 6.42 Å². The normalized spacial score (nSPS) is 9.56. The van der Waals surface area contributed by atoms with Crippen molar-refractivity contribution < 1.29 is 0 Å². The SMILES string of the molecule is [CH]Cc1ccc(C)cc1. The minimum absolute atomic E-state index is 0.639. The second-order valence-electron chi connectivity index (χ2n) is 2.19. The summed E-state index contributed by atoms with van der Waals surface area (Å²) in [5.74, 6) is 0. The molecule has 0 saturated carbocycles. The van der Waals surface area contributed by atoms with Crippen molar-refractivity contribution in [2.75, 3.05) is 0 Å². The van der Waals surface area contributed by atoms with Crippen LogP contribution in [0, 0.1) is 13.8 Å². The van der Waals surface area contributed by atoms with E-state index in [2.05, 4.69) is 31.2 Å². The maximum atomic E-state index is 5.40. The zero-order valence-corrected chi connectivity index (χ0v) is 5.59. The highest BCUT2D eigenvalue weighted by molar-refractivity contribution is 5.21. The average molecular weight is 118 g/mol. The Bertz CT molecular complexity index is 172. The van der Waals surface area contributed by atoms with Crippen molar-refractivity contribution in [1.29, 1.82) is 0 Å². The summed E-state index contributed by atoms with van der Waals surface area (Å²) in [5.41, 5.74) is 2.48. The first-order chi connectivity index (χ1) is 4.33. The van der Waals surface area contributed by atoms with E-state index in [0.717, 1.165) is 0 Å². The third kappa shape index (κ3) is 1.56. The predicted molar refractivity (Wildman–Crippen MR) is 39.2 cm³/mol. The van der Waals surface area contributed by atoms with Gasteiger partial charge in [0.25, 0.3) is 0 Å². The fraction of sp³-hybridized carbons (Fsp3) is 0.222. The number of hydrogen-bond acceptors (Lipinski definition) is 0. The fourth-order valence-electron chi connectivity index (χ4n) is 0.724. The summed E-state index contributed by atoms with van der Waals surface area (Å²) in [7, 11) is 0. The molecule has 46 valence electrons. The van der Waals surface area contributed by atoms with E-state index in [4.69, 9.17) is 6.92 Å². The fourth-order valence-corrected chi connectivity index (χ4v) is 0.724. The lowest BCUT2D eigenvalue weighted by atomic mass is 10.1. The van der Waals surface area contributed by atoms with Crippen molar-refractivity contribution in [3.8, 4) is 0 Å². The van der Waals surface area contributed by atoms with Crippen LogP contribution in [-0.4, -0.2) is 0 Å². The first kappa shape index (κ1) is 6.34. The van der Waals surface area contributed by atoms with Gasteiger partial charge in [-0.15, -0.1) is 0 Å². The van der Waals surface area contributed by atoms with Crippen LogP contribution >= 0.6 is 0 Å². The minimum atomic E-state index is 0.639. The zero-order valence-electron chi connectivity index (χ0n) is 5.59. The van der Waals surface area contributed by atoms with E-state index < -0.39 is 0 Å². The van der Waals surface area contributed by atoms with Crippen LogP contribution in [0.2, 0.25) is 0 Å². The van der Waals surface area contributed by atoms with Crippen molar-refractivity contribution in [3.05, 3.63) is 42.3 Å². The molecule has 0 heteroatoms. The molecule has 0 saturated heterocycles. The molecule has 1 rings (SSSR count). The highest BCUT2D eigenvalue weighted by atomic mass is 13.9. The van der Waals surface area contributed by atoms with E-state index >= 15 is 0 Å². The summed E-state index contributed by atoms with van der Waals surface area (Å²) < 4.78 is 0. The average Bonchev–Trinajstić information content (AvgIpc) is 1.90. The van der Waals surface area contributed by atoms with Crippen LogP contribution in [0.15, 0.2) is 24.3 Å². The van der Waals surface area contributed by atoms with Crippen LogP contribution in [0.25, 0.3) is 0 Å². The molecule has 0 aliphatic heterocycles. The minimum Gasteiger partial charge on any atom is -0.0591 e. The van der Waals surface area contributed by atoms with Gasteiger partial charge in [-0.25, -0.2) is 0 Å². The molecule has 0 aliphatic rings. The lowest BCUT2D eigenvalue weighted by molar-refractivity contribution is 1.26. The lowest BCUT2D eigenvalue weighted by Gasteiger charge is -1.94. The number of rotatable bonds is 1. The van der Waals surface area contributed by atoms with Gasteiger partial charge in [-0.1, -0.05) is 29.8 Å². The third-order valence-corrected chi connectivity index (χ3v) is 1.36. The van der Waals surface area contributed by atoms with Crippen LogP contribution in [0.4, 0.5) is 0 Å². The van der Waals surface area contributed by atoms with Crippen molar-refractivity contribution in [3.63, 3.8) is 0 Å². The third-order valence-electron chi connectivity index (χ3n) is 1.36. The van der Waals surface area contributed by atoms with Crippen molar-refractivity contribution in [1.82, 2.24) is 0 Å². The second kappa shape index (κ2) is 2.67. The van der Waals surface area contributed by atoms with Crippen LogP contribution in [0.5, 0.6) is 0 Å². The van der Waals surface area contributed by atoms with E-state index in [1.807, 2.05) is 0 Å². The molecule has 0 aromatic heterocycles. The van der Waals surface area contributed by atoms with Crippen molar-refractivity contribution in [2.24, 2.45) is 0 Å². The second-order valence-corrected chi connectivity index (χ2v) is 2.19. The Labute approximate surface area is 56.5 Å². The molecule has 0 fully saturated rings. The van der Waals surface area contributed by atoms with Crippen LogP contribution in [0.3, 0.4) is 0 Å². The first-order valence-corrected chi connectivity index (χ1v) is 3.08. The molecule has 0 spiro atoms. The molecule has 9 heavy (non-hydrogen) atoms. The molecule has 0 N–H and O–H groups in total. The maximum Gasteiger partial charge on any atom is -0.0245 e. The van der Waals surface area contributed by atoms with E-state index in [-0.39, 0.29) is 0 Å². The van der Waals surface area contributed by atoms with Gasteiger partial charge in [-0.2, -0.15) is 0 Å². The Morgan fingerprint density at radius 3 is 2.22 bits per heavy atom. The van der Waals surface area contributed by atoms with Crippen LogP contribution in [0.1, 0.15) is 11.1 Å². The topological polar surface area (TPSA) is 0 Å². The van der Waals surface area contributed by atoms with Gasteiger partial charge in [-0.05, 0) is 25.8 Å². The van der Waals surface area contributed by atoms with E-state index in [1.165, 1.54) is 11.1 Å². The Morgan fingerprint density at radius 1 is 1.22 bits per heavy atom. The molecular weight excluding hydrogens is 108 g/mol. The summed E-state index contributed by atoms with van der Waals surface area (Å²) in [6.07, 6.45) is 0.639. The molecule has 2 radical (unpaired) electrons. The molecule has 0 aliphatic carbocycles. The summed E-state index contributed by atoms with van der Waals surface area (Å²) in [4.78, 5) is 0. The van der Waals surface area contributed by atoms with Gasteiger partial charge in [0.05, 0.1) is 0 Å². The van der Waals surface area contributed by atoms with Gasteiger partial charge in [0.2, 0.25) is 0 Å². The molecular formula is C9H10. The maximum absolute atomic E-state index is 5.40. The van der Waals surface area contributed by atoms with Crippen LogP contribution < -0.4 is 0 Å². The molecule has 0 bridgehead atoms. The molecule has 0 unspecified atom stereocenters. The molecule has 1 aromatic rings. The van der Waals surface area contributed by atoms with Crippen molar-refractivity contribution >= 4 is 0 Å². The smallest absolute Gasteiger partial charge is 0.0245 e. The molecule has 0 heterocycles. The monoisotopic (exact) mass is 118 g/mol.